The molecule has 6 nitrogen and oxygen atoms in total. The van der Waals surface area contributed by atoms with Crippen molar-refractivity contribution in [2.75, 3.05) is 19.6 Å². The van der Waals surface area contributed by atoms with E-state index in [1.54, 1.807) is 4.90 Å². The molecule has 0 aliphatic carbocycles. The van der Waals surface area contributed by atoms with Crippen molar-refractivity contribution >= 4 is 11.8 Å². The van der Waals surface area contributed by atoms with E-state index in [4.69, 9.17) is 4.52 Å². The largest absolute Gasteiger partial charge is 0.361 e. The lowest BCUT2D eigenvalue weighted by atomic mass is 9.99. The number of aryl methyl sites for hydroxylation is 1. The molecule has 0 aromatic carbocycles. The zero-order chi connectivity index (χ0) is 15.5. The van der Waals surface area contributed by atoms with Crippen molar-refractivity contribution in [3.05, 3.63) is 17.5 Å². The molecule has 0 N–H and O–H groups in total. The van der Waals surface area contributed by atoms with Crippen LogP contribution in [0.5, 0.6) is 0 Å². The van der Waals surface area contributed by atoms with E-state index >= 15 is 0 Å². The summed E-state index contributed by atoms with van der Waals surface area (Å²) in [4.78, 5) is 28.1. The van der Waals surface area contributed by atoms with Crippen molar-refractivity contribution in [3.8, 4) is 0 Å². The molecule has 1 aromatic rings. The average Bonchev–Trinajstić information content (AvgIpc) is 2.96. The summed E-state index contributed by atoms with van der Waals surface area (Å²) in [5.74, 6) is 0.894. The standard InChI is InChI=1S/C16H23N3O3/c1-12-10-13(17-22-12)14-6-2-5-9-19(14)16(21)11-18-8-4-3-7-15(18)20/h10,14H,2-9,11H2,1H3/t14-/m0/s1. The zero-order valence-corrected chi connectivity index (χ0v) is 13.1. The minimum Gasteiger partial charge on any atom is -0.361 e. The fourth-order valence-corrected chi connectivity index (χ4v) is 3.36. The van der Waals surface area contributed by atoms with Gasteiger partial charge in [-0.3, -0.25) is 9.59 Å². The summed E-state index contributed by atoms with van der Waals surface area (Å²) in [6.07, 6.45) is 5.50. The first-order valence-electron chi connectivity index (χ1n) is 8.15. The van der Waals surface area contributed by atoms with Crippen molar-refractivity contribution < 1.29 is 14.1 Å². The Labute approximate surface area is 130 Å². The quantitative estimate of drug-likeness (QED) is 0.857. The van der Waals surface area contributed by atoms with Gasteiger partial charge in [-0.25, -0.2) is 0 Å². The smallest absolute Gasteiger partial charge is 0.242 e. The molecule has 120 valence electrons. The van der Waals surface area contributed by atoms with E-state index in [0.717, 1.165) is 50.1 Å². The van der Waals surface area contributed by atoms with Crippen LogP contribution in [0.4, 0.5) is 0 Å². The molecule has 22 heavy (non-hydrogen) atoms. The first-order chi connectivity index (χ1) is 10.6. The number of piperidine rings is 2. The summed E-state index contributed by atoms with van der Waals surface area (Å²) in [6.45, 7) is 3.49. The second-order valence-electron chi connectivity index (χ2n) is 6.23. The maximum atomic E-state index is 12.7. The van der Waals surface area contributed by atoms with Crippen LogP contribution in [-0.4, -0.2) is 46.4 Å². The third kappa shape index (κ3) is 3.15. The Morgan fingerprint density at radius 1 is 1.32 bits per heavy atom. The van der Waals surface area contributed by atoms with Gasteiger partial charge < -0.3 is 14.3 Å². The van der Waals surface area contributed by atoms with Crippen LogP contribution in [0.1, 0.15) is 56.0 Å². The molecule has 0 spiro atoms. The number of rotatable bonds is 3. The number of carbonyl (C=O) groups excluding carboxylic acids is 2. The number of likely N-dealkylation sites (tertiary alicyclic amines) is 2. The van der Waals surface area contributed by atoms with Crippen molar-refractivity contribution in [2.45, 2.75) is 51.5 Å². The Morgan fingerprint density at radius 3 is 2.86 bits per heavy atom. The van der Waals surface area contributed by atoms with E-state index in [2.05, 4.69) is 5.16 Å². The fourth-order valence-electron chi connectivity index (χ4n) is 3.36. The highest BCUT2D eigenvalue weighted by atomic mass is 16.5. The SMILES string of the molecule is Cc1cc([C@@H]2CCCCN2C(=O)CN2CCCCC2=O)no1. The Bertz CT molecular complexity index is 555. The molecule has 0 saturated carbocycles. The predicted molar refractivity (Wildman–Crippen MR) is 80.0 cm³/mol. The van der Waals surface area contributed by atoms with Gasteiger partial charge in [0.2, 0.25) is 11.8 Å². The molecular formula is C16H23N3O3. The number of hydrogen-bond acceptors (Lipinski definition) is 4. The van der Waals surface area contributed by atoms with Crippen LogP contribution in [0, 0.1) is 6.92 Å². The van der Waals surface area contributed by atoms with E-state index < -0.39 is 0 Å². The van der Waals surface area contributed by atoms with Crippen LogP contribution in [-0.2, 0) is 9.59 Å². The molecular weight excluding hydrogens is 282 g/mol. The molecule has 0 unspecified atom stereocenters. The van der Waals surface area contributed by atoms with E-state index in [9.17, 15) is 9.59 Å². The van der Waals surface area contributed by atoms with Crippen molar-refractivity contribution in [1.82, 2.24) is 15.0 Å². The van der Waals surface area contributed by atoms with Gasteiger partial charge in [-0.15, -0.1) is 0 Å². The highest BCUT2D eigenvalue weighted by Gasteiger charge is 2.32. The van der Waals surface area contributed by atoms with Gasteiger partial charge >= 0.3 is 0 Å². The monoisotopic (exact) mass is 305 g/mol. The van der Waals surface area contributed by atoms with Gasteiger partial charge in [-0.2, -0.15) is 0 Å². The van der Waals surface area contributed by atoms with Crippen LogP contribution in [0.3, 0.4) is 0 Å². The van der Waals surface area contributed by atoms with Crippen LogP contribution < -0.4 is 0 Å². The van der Waals surface area contributed by atoms with E-state index in [0.29, 0.717) is 13.0 Å². The maximum Gasteiger partial charge on any atom is 0.242 e. The fraction of sp³-hybridized carbons (Fsp3) is 0.688. The van der Waals surface area contributed by atoms with Gasteiger partial charge in [0, 0.05) is 25.6 Å². The third-order valence-corrected chi connectivity index (χ3v) is 4.56. The van der Waals surface area contributed by atoms with Gasteiger partial charge in [0.15, 0.2) is 0 Å². The van der Waals surface area contributed by atoms with Crippen LogP contribution in [0.2, 0.25) is 0 Å². The van der Waals surface area contributed by atoms with E-state index in [1.807, 2.05) is 17.9 Å². The summed E-state index contributed by atoms with van der Waals surface area (Å²) in [5.41, 5.74) is 0.829. The molecule has 6 heteroatoms. The van der Waals surface area contributed by atoms with Crippen molar-refractivity contribution in [2.24, 2.45) is 0 Å². The molecule has 1 aromatic heterocycles. The Morgan fingerprint density at radius 2 is 2.14 bits per heavy atom. The summed E-state index contributed by atoms with van der Waals surface area (Å²) >= 11 is 0. The first kappa shape index (κ1) is 15.1. The molecule has 1 atom stereocenters. The number of amides is 2. The maximum absolute atomic E-state index is 12.7. The minimum absolute atomic E-state index is 0.0152. The van der Waals surface area contributed by atoms with Gasteiger partial charge in [-0.1, -0.05) is 5.16 Å². The highest BCUT2D eigenvalue weighted by Crippen LogP contribution is 2.30. The molecule has 2 aliphatic rings. The van der Waals surface area contributed by atoms with Gasteiger partial charge in [0.1, 0.15) is 11.5 Å². The van der Waals surface area contributed by atoms with E-state index in [-0.39, 0.29) is 24.4 Å². The highest BCUT2D eigenvalue weighted by molar-refractivity contribution is 5.85. The number of hydrogen-bond donors (Lipinski definition) is 0. The van der Waals surface area contributed by atoms with Crippen LogP contribution in [0.25, 0.3) is 0 Å². The molecule has 3 heterocycles. The average molecular weight is 305 g/mol. The molecule has 3 rings (SSSR count). The van der Waals surface area contributed by atoms with Crippen molar-refractivity contribution in [3.63, 3.8) is 0 Å². The number of carbonyl (C=O) groups is 2. The van der Waals surface area contributed by atoms with Gasteiger partial charge in [0.05, 0.1) is 12.6 Å². The third-order valence-electron chi connectivity index (χ3n) is 4.56. The molecule has 2 aliphatic heterocycles. The molecule has 2 fully saturated rings. The molecule has 0 bridgehead atoms. The number of aromatic nitrogens is 1. The second kappa shape index (κ2) is 6.50. The lowest BCUT2D eigenvalue weighted by Gasteiger charge is -2.36. The molecule has 2 saturated heterocycles. The molecule has 2 amide bonds. The molecule has 0 radical (unpaired) electrons. The summed E-state index contributed by atoms with van der Waals surface area (Å²) in [5, 5.41) is 4.08. The minimum atomic E-state index is -0.0152. The Hall–Kier alpha value is -1.85. The summed E-state index contributed by atoms with van der Waals surface area (Å²) < 4.78 is 5.16. The lowest BCUT2D eigenvalue weighted by Crippen LogP contribution is -2.47. The van der Waals surface area contributed by atoms with Gasteiger partial charge in [-0.05, 0) is 39.0 Å². The topological polar surface area (TPSA) is 66.7 Å². The lowest BCUT2D eigenvalue weighted by molar-refractivity contribution is -0.144. The Kier molecular flexibility index (Phi) is 4.45. The van der Waals surface area contributed by atoms with Crippen molar-refractivity contribution in [1.29, 1.82) is 0 Å². The van der Waals surface area contributed by atoms with Gasteiger partial charge in [0.25, 0.3) is 0 Å². The first-order valence-corrected chi connectivity index (χ1v) is 8.15. The Balaban J connectivity index is 1.70. The summed E-state index contributed by atoms with van der Waals surface area (Å²) in [7, 11) is 0. The zero-order valence-electron chi connectivity index (χ0n) is 13.1. The normalized spacial score (nSPS) is 23.0. The van der Waals surface area contributed by atoms with Crippen LogP contribution in [0.15, 0.2) is 10.6 Å². The predicted octanol–water partition coefficient (Wildman–Crippen LogP) is 2.05. The van der Waals surface area contributed by atoms with Crippen LogP contribution >= 0.6 is 0 Å². The second-order valence-corrected chi connectivity index (χ2v) is 6.23. The van der Waals surface area contributed by atoms with E-state index in [1.165, 1.54) is 0 Å². The summed E-state index contributed by atoms with van der Waals surface area (Å²) in [6, 6.07) is 1.89. The number of nitrogens with zero attached hydrogens (tertiary/aromatic N) is 3.